The molecule has 1 rings (SSSR count). The van der Waals surface area contributed by atoms with Gasteiger partial charge in [0, 0.05) is 25.7 Å². The summed E-state index contributed by atoms with van der Waals surface area (Å²) in [5, 5.41) is 4.72. The van der Waals surface area contributed by atoms with Crippen LogP contribution < -0.4 is 0 Å². The minimum Gasteiger partial charge on any atom is -0.240 e. The first-order chi connectivity index (χ1) is 7.52. The molecule has 0 N–H and O–H groups in total. The Morgan fingerprint density at radius 2 is 1.44 bits per heavy atom. The summed E-state index contributed by atoms with van der Waals surface area (Å²) in [6.07, 6.45) is 0. The Bertz CT molecular complexity index is 285. The van der Waals surface area contributed by atoms with E-state index in [9.17, 15) is 0 Å². The fourth-order valence-corrected chi connectivity index (χ4v) is 2.31. The van der Waals surface area contributed by atoms with E-state index in [0.717, 1.165) is 6.54 Å². The molecule has 0 fully saturated rings. The van der Waals surface area contributed by atoms with Crippen LogP contribution in [0.4, 0.5) is 0 Å². The Kier molecular flexibility index (Phi) is 4.97. The molecule has 0 atom stereocenters. The predicted molar refractivity (Wildman–Crippen MR) is 70.0 cm³/mol. The van der Waals surface area contributed by atoms with Gasteiger partial charge in [0.05, 0.1) is 0 Å². The van der Waals surface area contributed by atoms with Gasteiger partial charge < -0.3 is 0 Å². The molecule has 0 aliphatic carbocycles. The van der Waals surface area contributed by atoms with Gasteiger partial charge in [-0.1, -0.05) is 30.3 Å². The lowest BCUT2D eigenvalue weighted by molar-refractivity contribution is -0.0619. The summed E-state index contributed by atoms with van der Waals surface area (Å²) in [6, 6.07) is 11.7. The van der Waals surface area contributed by atoms with Crippen LogP contribution in [0, 0.1) is 0 Å². The average Bonchev–Trinajstić information content (AvgIpc) is 2.17. The number of benzene rings is 1. The fourth-order valence-electron chi connectivity index (χ4n) is 2.31. The molecule has 0 aliphatic heterocycles. The van der Waals surface area contributed by atoms with Crippen LogP contribution in [0.5, 0.6) is 0 Å². The van der Waals surface area contributed by atoms with Crippen molar-refractivity contribution in [3.05, 3.63) is 35.9 Å². The molecular weight excluding hydrogens is 196 g/mol. The summed E-state index contributed by atoms with van der Waals surface area (Å²) >= 11 is 0. The summed E-state index contributed by atoms with van der Waals surface area (Å²) in [6.45, 7) is 9.92. The highest BCUT2D eigenvalue weighted by Crippen LogP contribution is 2.11. The molecule has 0 radical (unpaired) electrons. The Morgan fingerprint density at radius 3 is 1.88 bits per heavy atom. The van der Waals surface area contributed by atoms with Gasteiger partial charge >= 0.3 is 0 Å². The first-order valence-electron chi connectivity index (χ1n) is 6.05. The quantitative estimate of drug-likeness (QED) is 0.703. The van der Waals surface area contributed by atoms with Gasteiger partial charge in [-0.25, -0.2) is 10.0 Å². The standard InChI is InChI=1S/C14H24N2/c1-12(2)16(13(3)4)15(5)11-14-9-7-6-8-10-14/h6-10,12-13H,11H2,1-5H3. The third kappa shape index (κ3) is 3.62. The predicted octanol–water partition coefficient (Wildman–Crippen LogP) is 3.15. The number of nitrogens with zero attached hydrogens (tertiary/aromatic N) is 2. The van der Waals surface area contributed by atoms with E-state index in [1.807, 2.05) is 0 Å². The first-order valence-corrected chi connectivity index (χ1v) is 6.05. The van der Waals surface area contributed by atoms with Gasteiger partial charge in [0.1, 0.15) is 0 Å². The summed E-state index contributed by atoms with van der Waals surface area (Å²) < 4.78 is 0. The zero-order valence-corrected chi connectivity index (χ0v) is 11.1. The van der Waals surface area contributed by atoms with Crippen LogP contribution in [0.15, 0.2) is 30.3 Å². The average molecular weight is 220 g/mol. The molecule has 2 heteroatoms. The van der Waals surface area contributed by atoms with Crippen LogP contribution in [-0.2, 0) is 6.54 Å². The topological polar surface area (TPSA) is 6.48 Å². The third-order valence-corrected chi connectivity index (χ3v) is 2.71. The van der Waals surface area contributed by atoms with E-state index in [-0.39, 0.29) is 0 Å². The number of rotatable bonds is 5. The second-order valence-electron chi connectivity index (χ2n) is 4.87. The molecule has 2 nitrogen and oxygen atoms in total. The maximum absolute atomic E-state index is 2.41. The molecule has 1 aromatic carbocycles. The van der Waals surface area contributed by atoms with Crippen LogP contribution in [0.25, 0.3) is 0 Å². The Morgan fingerprint density at radius 1 is 0.938 bits per heavy atom. The molecule has 0 saturated carbocycles. The lowest BCUT2D eigenvalue weighted by Gasteiger charge is -2.38. The van der Waals surface area contributed by atoms with E-state index < -0.39 is 0 Å². The second kappa shape index (κ2) is 6.02. The van der Waals surface area contributed by atoms with Crippen LogP contribution in [0.1, 0.15) is 33.3 Å². The van der Waals surface area contributed by atoms with Gasteiger partial charge in [0.25, 0.3) is 0 Å². The van der Waals surface area contributed by atoms with Crippen molar-refractivity contribution in [2.24, 2.45) is 0 Å². The molecule has 0 spiro atoms. The molecule has 1 aromatic rings. The molecule has 16 heavy (non-hydrogen) atoms. The molecule has 0 unspecified atom stereocenters. The van der Waals surface area contributed by atoms with Crippen LogP contribution in [0.3, 0.4) is 0 Å². The van der Waals surface area contributed by atoms with E-state index in [2.05, 4.69) is 75.1 Å². The van der Waals surface area contributed by atoms with Crippen LogP contribution >= 0.6 is 0 Å². The Hall–Kier alpha value is -0.860. The van der Waals surface area contributed by atoms with Gasteiger partial charge in [-0.2, -0.15) is 0 Å². The maximum atomic E-state index is 2.41. The molecule has 0 amide bonds. The van der Waals surface area contributed by atoms with E-state index in [1.54, 1.807) is 0 Å². The van der Waals surface area contributed by atoms with Crippen molar-refractivity contribution in [3.63, 3.8) is 0 Å². The van der Waals surface area contributed by atoms with Crippen LogP contribution in [-0.4, -0.2) is 29.1 Å². The highest BCUT2D eigenvalue weighted by molar-refractivity contribution is 5.14. The van der Waals surface area contributed by atoms with Crippen molar-refractivity contribution in [1.29, 1.82) is 0 Å². The van der Waals surface area contributed by atoms with Crippen LogP contribution in [0.2, 0.25) is 0 Å². The molecule has 0 aliphatic rings. The third-order valence-electron chi connectivity index (χ3n) is 2.71. The van der Waals surface area contributed by atoms with Crippen molar-refractivity contribution in [2.75, 3.05) is 7.05 Å². The normalized spacial score (nSPS) is 12.1. The van der Waals surface area contributed by atoms with E-state index in [1.165, 1.54) is 5.56 Å². The fraction of sp³-hybridized carbons (Fsp3) is 0.571. The minimum absolute atomic E-state index is 0.536. The molecule has 0 saturated heterocycles. The SMILES string of the molecule is CC(C)N(C(C)C)N(C)Cc1ccccc1. The number of hydrogen-bond acceptors (Lipinski definition) is 2. The molecular formula is C14H24N2. The van der Waals surface area contributed by atoms with Gasteiger partial charge in [-0.05, 0) is 33.3 Å². The van der Waals surface area contributed by atoms with Crippen molar-refractivity contribution >= 4 is 0 Å². The Labute approximate surface area is 99.8 Å². The second-order valence-corrected chi connectivity index (χ2v) is 4.87. The highest BCUT2D eigenvalue weighted by Gasteiger charge is 2.17. The van der Waals surface area contributed by atoms with E-state index in [0.29, 0.717) is 12.1 Å². The monoisotopic (exact) mass is 220 g/mol. The zero-order valence-electron chi connectivity index (χ0n) is 11.1. The summed E-state index contributed by atoms with van der Waals surface area (Å²) in [4.78, 5) is 0. The molecule has 0 heterocycles. The molecule has 0 bridgehead atoms. The van der Waals surface area contributed by atoms with Gasteiger partial charge in [-0.3, -0.25) is 0 Å². The largest absolute Gasteiger partial charge is 0.240 e. The number of hydrazine groups is 1. The smallest absolute Gasteiger partial charge is 0.0381 e. The van der Waals surface area contributed by atoms with Gasteiger partial charge in [-0.15, -0.1) is 0 Å². The van der Waals surface area contributed by atoms with Gasteiger partial charge in [0.15, 0.2) is 0 Å². The van der Waals surface area contributed by atoms with E-state index >= 15 is 0 Å². The summed E-state index contributed by atoms with van der Waals surface area (Å²) in [5.41, 5.74) is 1.36. The molecule has 0 aromatic heterocycles. The van der Waals surface area contributed by atoms with Crippen molar-refractivity contribution in [1.82, 2.24) is 10.0 Å². The minimum atomic E-state index is 0.536. The van der Waals surface area contributed by atoms with Crippen molar-refractivity contribution in [2.45, 2.75) is 46.3 Å². The van der Waals surface area contributed by atoms with Crippen molar-refractivity contribution in [3.8, 4) is 0 Å². The zero-order chi connectivity index (χ0) is 12.1. The lowest BCUT2D eigenvalue weighted by atomic mass is 10.2. The maximum Gasteiger partial charge on any atom is 0.0381 e. The molecule has 90 valence electrons. The lowest BCUT2D eigenvalue weighted by Crippen LogP contribution is -2.48. The highest BCUT2D eigenvalue weighted by atomic mass is 15.6. The van der Waals surface area contributed by atoms with Crippen molar-refractivity contribution < 1.29 is 0 Å². The van der Waals surface area contributed by atoms with E-state index in [4.69, 9.17) is 0 Å². The number of hydrogen-bond donors (Lipinski definition) is 0. The Balaban J connectivity index is 2.66. The van der Waals surface area contributed by atoms with Gasteiger partial charge in [0.2, 0.25) is 0 Å². The summed E-state index contributed by atoms with van der Waals surface area (Å²) in [5.74, 6) is 0. The summed E-state index contributed by atoms with van der Waals surface area (Å²) in [7, 11) is 2.16. The first kappa shape index (κ1) is 13.2.